The molecule has 7 heteroatoms. The van der Waals surface area contributed by atoms with Crippen LogP contribution in [0, 0.1) is 13.8 Å². The number of pyridine rings is 1. The van der Waals surface area contributed by atoms with E-state index in [2.05, 4.69) is 60.3 Å². The monoisotopic (exact) mass is 481 g/mol. The summed E-state index contributed by atoms with van der Waals surface area (Å²) in [7, 11) is 0. The Bertz CT molecular complexity index is 1410. The number of hydrogen-bond donors (Lipinski definition) is 2. The van der Waals surface area contributed by atoms with Crippen molar-refractivity contribution in [1.29, 1.82) is 0 Å². The van der Waals surface area contributed by atoms with Crippen LogP contribution < -0.4 is 14.4 Å². The molecule has 32 heavy (non-hydrogen) atoms. The fourth-order valence-corrected chi connectivity index (χ4v) is 3.96. The van der Waals surface area contributed by atoms with Crippen molar-refractivity contribution in [2.75, 3.05) is 5.32 Å². The minimum absolute atomic E-state index is 0.714. The van der Waals surface area contributed by atoms with Crippen molar-refractivity contribution in [3.05, 3.63) is 84.4 Å². The van der Waals surface area contributed by atoms with Crippen LogP contribution in [0.4, 0.5) is 11.5 Å². The number of anilines is 2. The van der Waals surface area contributed by atoms with E-state index < -0.39 is 0 Å². The molecule has 0 aliphatic heterocycles. The summed E-state index contributed by atoms with van der Waals surface area (Å²) in [5, 5.41) is 3.41. The van der Waals surface area contributed by atoms with Gasteiger partial charge in [-0.2, -0.15) is 0 Å². The van der Waals surface area contributed by atoms with E-state index in [4.69, 9.17) is 4.74 Å². The Morgan fingerprint density at radius 3 is 2.62 bits per heavy atom. The van der Waals surface area contributed by atoms with Crippen molar-refractivity contribution in [3.8, 4) is 22.8 Å². The molecule has 0 bridgehead atoms. The number of aromatic nitrogens is 4. The molecule has 0 amide bonds. The van der Waals surface area contributed by atoms with Crippen molar-refractivity contribution in [2.24, 2.45) is 0 Å². The van der Waals surface area contributed by atoms with Gasteiger partial charge in [-0.25, -0.2) is 0 Å². The standard InChI is InChI=1S/C25H20AsN5O/c1-15-10-19(7-9-23(15)32-20-8-6-16(2)27-13-20)30-25-24-22(28-14-29-25)12-21(31-24)17-4-3-5-18(26)11-17/h3-14,31H,1-2H3,(H,28,29,30). The summed E-state index contributed by atoms with van der Waals surface area (Å²) in [6, 6.07) is 20.1. The number of hydrogen-bond acceptors (Lipinski definition) is 5. The summed E-state index contributed by atoms with van der Waals surface area (Å²) in [4.78, 5) is 16.6. The van der Waals surface area contributed by atoms with Crippen LogP contribution in [0.3, 0.4) is 0 Å². The average molecular weight is 481 g/mol. The second kappa shape index (κ2) is 8.48. The van der Waals surface area contributed by atoms with Crippen molar-refractivity contribution >= 4 is 43.7 Å². The second-order valence-electron chi connectivity index (χ2n) is 7.56. The molecular weight excluding hydrogens is 461 g/mol. The Kier molecular flexibility index (Phi) is 5.38. The number of rotatable bonds is 5. The van der Waals surface area contributed by atoms with Crippen LogP contribution in [0.2, 0.25) is 0 Å². The number of fused-ring (bicyclic) bond motifs is 1. The first-order valence-electron chi connectivity index (χ1n) is 10.2. The first-order valence-corrected chi connectivity index (χ1v) is 11.1. The molecule has 2 aromatic carbocycles. The van der Waals surface area contributed by atoms with E-state index in [0.29, 0.717) is 5.75 Å². The molecule has 0 atom stereocenters. The molecule has 5 aromatic rings. The van der Waals surface area contributed by atoms with Crippen LogP contribution in [0.25, 0.3) is 22.3 Å². The SMILES string of the molecule is Cc1ccc(Oc2ccc(Nc3ncnc4cc(-c5cccc([As])c5)[nH]c34)cc2C)cn1. The molecule has 5 rings (SSSR count). The molecule has 6 nitrogen and oxygen atoms in total. The van der Waals surface area contributed by atoms with Gasteiger partial charge in [0.2, 0.25) is 0 Å². The fourth-order valence-electron chi connectivity index (χ4n) is 3.48. The molecule has 2 radical (unpaired) electrons. The van der Waals surface area contributed by atoms with Crippen molar-refractivity contribution in [1.82, 2.24) is 19.9 Å². The zero-order valence-electron chi connectivity index (χ0n) is 17.6. The molecule has 3 heterocycles. The maximum absolute atomic E-state index is 5.98. The van der Waals surface area contributed by atoms with Crippen LogP contribution in [0.1, 0.15) is 11.3 Å². The quantitative estimate of drug-likeness (QED) is 0.347. The van der Waals surface area contributed by atoms with E-state index in [-0.39, 0.29) is 0 Å². The Hall–Kier alpha value is -3.63. The van der Waals surface area contributed by atoms with Crippen molar-refractivity contribution in [2.45, 2.75) is 13.8 Å². The molecule has 3 aromatic heterocycles. The number of aryl methyl sites for hydroxylation is 2. The summed E-state index contributed by atoms with van der Waals surface area (Å²) in [5.74, 6) is 2.22. The van der Waals surface area contributed by atoms with Crippen molar-refractivity contribution in [3.63, 3.8) is 0 Å². The maximum atomic E-state index is 5.98. The third-order valence-corrected chi connectivity index (χ3v) is 5.71. The van der Waals surface area contributed by atoms with Gasteiger partial charge in [-0.05, 0) is 19.1 Å². The summed E-state index contributed by atoms with van der Waals surface area (Å²) in [5.41, 5.74) is 6.71. The number of H-pyrrole nitrogens is 1. The zero-order chi connectivity index (χ0) is 22.1. The Labute approximate surface area is 194 Å². The molecule has 0 saturated carbocycles. The molecule has 0 fully saturated rings. The Morgan fingerprint density at radius 2 is 1.84 bits per heavy atom. The van der Waals surface area contributed by atoms with Gasteiger partial charge >= 0.3 is 148 Å². The van der Waals surface area contributed by atoms with E-state index in [0.717, 1.165) is 55.2 Å². The van der Waals surface area contributed by atoms with Gasteiger partial charge < -0.3 is 4.74 Å². The molecule has 0 saturated heterocycles. The average Bonchev–Trinajstić information content (AvgIpc) is 3.23. The topological polar surface area (TPSA) is 75.7 Å². The third-order valence-electron chi connectivity index (χ3n) is 5.12. The summed E-state index contributed by atoms with van der Waals surface area (Å²) in [6.07, 6.45) is 3.30. The van der Waals surface area contributed by atoms with Gasteiger partial charge in [-0.3, -0.25) is 4.98 Å². The van der Waals surface area contributed by atoms with Crippen LogP contribution in [0.5, 0.6) is 11.5 Å². The first-order chi connectivity index (χ1) is 15.5. The van der Waals surface area contributed by atoms with Crippen LogP contribution in [-0.4, -0.2) is 36.8 Å². The van der Waals surface area contributed by atoms with Gasteiger partial charge in [0, 0.05) is 5.69 Å². The second-order valence-corrected chi connectivity index (χ2v) is 8.64. The van der Waals surface area contributed by atoms with E-state index in [1.165, 1.54) is 0 Å². The number of nitrogens with one attached hydrogen (secondary N) is 2. The van der Waals surface area contributed by atoms with Crippen molar-refractivity contribution < 1.29 is 4.74 Å². The first kappa shape index (κ1) is 20.3. The van der Waals surface area contributed by atoms with Gasteiger partial charge in [-0.1, -0.05) is 0 Å². The molecule has 0 aliphatic carbocycles. The zero-order valence-corrected chi connectivity index (χ0v) is 19.5. The smallest absolute Gasteiger partial charge is 0.258 e. The van der Waals surface area contributed by atoms with Gasteiger partial charge in [-0.15, -0.1) is 0 Å². The van der Waals surface area contributed by atoms with Crippen LogP contribution in [-0.2, 0) is 0 Å². The Morgan fingerprint density at radius 1 is 0.938 bits per heavy atom. The van der Waals surface area contributed by atoms with Gasteiger partial charge in [0.15, 0.2) is 0 Å². The number of benzene rings is 2. The van der Waals surface area contributed by atoms with Crippen LogP contribution >= 0.6 is 0 Å². The number of aromatic amines is 1. The predicted octanol–water partition coefficient (Wildman–Crippen LogP) is 4.97. The predicted molar refractivity (Wildman–Crippen MR) is 128 cm³/mol. The minimum Gasteiger partial charge on any atom is -0.258 e. The molecule has 0 unspecified atom stereocenters. The van der Waals surface area contributed by atoms with Gasteiger partial charge in [0.25, 0.3) is 0 Å². The minimum atomic E-state index is 0.714. The number of ether oxygens (including phenoxy) is 1. The van der Waals surface area contributed by atoms with Crippen LogP contribution in [0.15, 0.2) is 73.2 Å². The van der Waals surface area contributed by atoms with E-state index in [1.54, 1.807) is 12.5 Å². The number of nitrogens with zero attached hydrogens (tertiary/aromatic N) is 3. The summed E-state index contributed by atoms with van der Waals surface area (Å²) in [6.45, 7) is 3.97. The van der Waals surface area contributed by atoms with E-state index in [9.17, 15) is 0 Å². The Balaban J connectivity index is 1.41. The van der Waals surface area contributed by atoms with E-state index >= 15 is 0 Å². The normalized spacial score (nSPS) is 11.0. The molecule has 0 aliphatic rings. The summed E-state index contributed by atoms with van der Waals surface area (Å²) < 4.78 is 7.13. The van der Waals surface area contributed by atoms with Gasteiger partial charge in [0.05, 0.1) is 6.20 Å². The fraction of sp³-hybridized carbons (Fsp3) is 0.0800. The molecular formula is C25H20AsN5O. The molecule has 2 N–H and O–H groups in total. The van der Waals surface area contributed by atoms with E-state index in [1.807, 2.05) is 56.3 Å². The molecule has 0 spiro atoms. The molecule has 156 valence electrons. The summed E-state index contributed by atoms with van der Waals surface area (Å²) >= 11 is 2.57. The van der Waals surface area contributed by atoms with Gasteiger partial charge in [0.1, 0.15) is 5.75 Å². The third kappa shape index (κ3) is 4.23.